The van der Waals surface area contributed by atoms with Crippen LogP contribution in [0.1, 0.15) is 6.42 Å². The van der Waals surface area contributed by atoms with E-state index in [1.165, 1.54) is 0 Å². The van der Waals surface area contributed by atoms with Crippen LogP contribution < -0.4 is 0 Å². The number of carboxylic acid groups (broad SMARTS) is 1. The normalized spacial score (nSPS) is 11.5. The van der Waals surface area contributed by atoms with Crippen molar-refractivity contribution in [3.8, 4) is 0 Å². The monoisotopic (exact) mass is 164 g/mol. The standard InChI is InChI=1S/C6H12O5/c7-2-6(3-8,4-9)1-5(10)11/h7-9H,1-4H2,(H,10,11). The SMILES string of the molecule is O=C(O)CC(CO)(CO)CO. The first-order valence-electron chi connectivity index (χ1n) is 3.14. The Morgan fingerprint density at radius 2 is 1.45 bits per heavy atom. The van der Waals surface area contributed by atoms with Crippen molar-refractivity contribution in [1.82, 2.24) is 0 Å². The molecule has 11 heavy (non-hydrogen) atoms. The molecule has 0 bridgehead atoms. The van der Waals surface area contributed by atoms with Gasteiger partial charge in [-0.05, 0) is 0 Å². The third kappa shape index (κ3) is 2.83. The molecule has 5 nitrogen and oxygen atoms in total. The van der Waals surface area contributed by atoms with Gasteiger partial charge in [-0.1, -0.05) is 0 Å². The van der Waals surface area contributed by atoms with E-state index in [9.17, 15) is 4.79 Å². The van der Waals surface area contributed by atoms with E-state index in [1.807, 2.05) is 0 Å². The van der Waals surface area contributed by atoms with Crippen LogP contribution in [0.5, 0.6) is 0 Å². The minimum absolute atomic E-state index is 0.434. The van der Waals surface area contributed by atoms with Gasteiger partial charge in [0.2, 0.25) is 0 Å². The summed E-state index contributed by atoms with van der Waals surface area (Å²) in [5, 5.41) is 34.2. The molecule has 0 radical (unpaired) electrons. The first-order valence-corrected chi connectivity index (χ1v) is 3.14. The minimum atomic E-state index is -1.29. The first-order chi connectivity index (χ1) is 5.10. The van der Waals surface area contributed by atoms with Gasteiger partial charge in [0.15, 0.2) is 0 Å². The van der Waals surface area contributed by atoms with E-state index in [1.54, 1.807) is 0 Å². The maximum Gasteiger partial charge on any atom is 0.304 e. The van der Waals surface area contributed by atoms with E-state index >= 15 is 0 Å². The highest BCUT2D eigenvalue weighted by atomic mass is 16.4. The second-order valence-electron chi connectivity index (χ2n) is 2.54. The number of carboxylic acids is 1. The fourth-order valence-corrected chi connectivity index (χ4v) is 0.639. The van der Waals surface area contributed by atoms with Crippen LogP contribution in [-0.4, -0.2) is 46.2 Å². The molecular formula is C6H12O5. The number of carbonyl (C=O) groups is 1. The molecule has 0 saturated carbocycles. The number of aliphatic hydroxyl groups excluding tert-OH is 3. The number of aliphatic carboxylic acids is 1. The fourth-order valence-electron chi connectivity index (χ4n) is 0.639. The fraction of sp³-hybridized carbons (Fsp3) is 0.833. The molecule has 0 aromatic heterocycles. The van der Waals surface area contributed by atoms with Gasteiger partial charge >= 0.3 is 5.97 Å². The molecule has 4 N–H and O–H groups in total. The zero-order valence-corrected chi connectivity index (χ0v) is 6.03. The van der Waals surface area contributed by atoms with Crippen molar-refractivity contribution >= 4 is 5.97 Å². The van der Waals surface area contributed by atoms with Gasteiger partial charge < -0.3 is 20.4 Å². The Morgan fingerprint density at radius 3 is 1.55 bits per heavy atom. The molecule has 66 valence electrons. The lowest BCUT2D eigenvalue weighted by atomic mass is 9.87. The summed E-state index contributed by atoms with van der Waals surface area (Å²) in [5.74, 6) is -1.15. The molecule has 0 spiro atoms. The molecule has 0 amide bonds. The van der Waals surface area contributed by atoms with E-state index in [4.69, 9.17) is 20.4 Å². The molecule has 0 aromatic carbocycles. The minimum Gasteiger partial charge on any atom is -0.481 e. The highest BCUT2D eigenvalue weighted by Crippen LogP contribution is 2.19. The molecule has 0 unspecified atom stereocenters. The Kier molecular flexibility index (Phi) is 4.02. The lowest BCUT2D eigenvalue weighted by Gasteiger charge is -2.24. The van der Waals surface area contributed by atoms with Crippen molar-refractivity contribution < 1.29 is 25.2 Å². The molecular weight excluding hydrogens is 152 g/mol. The van der Waals surface area contributed by atoms with Gasteiger partial charge in [0, 0.05) is 0 Å². The zero-order valence-electron chi connectivity index (χ0n) is 6.03. The summed E-state index contributed by atoms with van der Waals surface area (Å²) < 4.78 is 0. The van der Waals surface area contributed by atoms with E-state index in [0.29, 0.717) is 0 Å². The quantitative estimate of drug-likeness (QED) is 0.393. The molecule has 0 aliphatic heterocycles. The van der Waals surface area contributed by atoms with Crippen LogP contribution in [0.4, 0.5) is 0 Å². The van der Waals surface area contributed by atoms with E-state index in [-0.39, 0.29) is 0 Å². The highest BCUT2D eigenvalue weighted by molar-refractivity contribution is 5.67. The number of rotatable bonds is 5. The van der Waals surface area contributed by atoms with Gasteiger partial charge in [0.25, 0.3) is 0 Å². The summed E-state index contributed by atoms with van der Waals surface area (Å²) in [6.45, 7) is -1.61. The molecule has 5 heteroatoms. The van der Waals surface area contributed by atoms with Crippen molar-refractivity contribution in [3.63, 3.8) is 0 Å². The Morgan fingerprint density at radius 1 is 1.09 bits per heavy atom. The van der Waals surface area contributed by atoms with E-state index in [2.05, 4.69) is 0 Å². The molecule has 0 aromatic rings. The Labute approximate surface area is 63.9 Å². The van der Waals surface area contributed by atoms with Crippen LogP contribution in [0.3, 0.4) is 0 Å². The second-order valence-corrected chi connectivity index (χ2v) is 2.54. The summed E-state index contributed by atoms with van der Waals surface area (Å²) in [7, 11) is 0. The second kappa shape index (κ2) is 4.27. The van der Waals surface area contributed by atoms with Crippen molar-refractivity contribution in [2.75, 3.05) is 19.8 Å². The molecule has 0 aliphatic carbocycles. The zero-order chi connectivity index (χ0) is 8.91. The van der Waals surface area contributed by atoms with E-state index in [0.717, 1.165) is 0 Å². The first kappa shape index (κ1) is 10.3. The average molecular weight is 164 g/mol. The number of hydrogen-bond acceptors (Lipinski definition) is 4. The summed E-state index contributed by atoms with van der Waals surface area (Å²) in [4.78, 5) is 10.2. The summed E-state index contributed by atoms with van der Waals surface area (Å²) in [6, 6.07) is 0. The molecule has 0 atom stereocenters. The maximum atomic E-state index is 10.2. The average Bonchev–Trinajstić information content (AvgIpc) is 2.00. The Balaban J connectivity index is 4.16. The Bertz CT molecular complexity index is 121. The van der Waals surface area contributed by atoms with Crippen molar-refractivity contribution in [3.05, 3.63) is 0 Å². The number of hydrogen-bond donors (Lipinski definition) is 4. The van der Waals surface area contributed by atoms with Gasteiger partial charge in [0.1, 0.15) is 0 Å². The summed E-state index contributed by atoms with van der Waals surface area (Å²) in [5.41, 5.74) is -1.29. The van der Waals surface area contributed by atoms with Gasteiger partial charge in [-0.25, -0.2) is 0 Å². The van der Waals surface area contributed by atoms with Crippen molar-refractivity contribution in [2.24, 2.45) is 5.41 Å². The molecule has 0 heterocycles. The van der Waals surface area contributed by atoms with Gasteiger partial charge in [-0.15, -0.1) is 0 Å². The summed E-state index contributed by atoms with van der Waals surface area (Å²) in [6.07, 6.45) is -0.434. The van der Waals surface area contributed by atoms with Gasteiger partial charge in [-0.2, -0.15) is 0 Å². The predicted molar refractivity (Wildman–Crippen MR) is 35.9 cm³/mol. The maximum absolute atomic E-state index is 10.2. The molecule has 0 aliphatic rings. The Hall–Kier alpha value is -0.650. The molecule has 0 saturated heterocycles. The highest BCUT2D eigenvalue weighted by Gasteiger charge is 2.30. The smallest absolute Gasteiger partial charge is 0.304 e. The summed E-state index contributed by atoms with van der Waals surface area (Å²) >= 11 is 0. The van der Waals surface area contributed by atoms with Crippen LogP contribution in [-0.2, 0) is 4.79 Å². The predicted octanol–water partition coefficient (Wildman–Crippen LogP) is -1.58. The van der Waals surface area contributed by atoms with Gasteiger partial charge in [-0.3, -0.25) is 4.79 Å². The number of aliphatic hydroxyl groups is 3. The lowest BCUT2D eigenvalue weighted by Crippen LogP contribution is -2.36. The third-order valence-electron chi connectivity index (χ3n) is 1.53. The van der Waals surface area contributed by atoms with Crippen LogP contribution in [0, 0.1) is 5.41 Å². The largest absolute Gasteiger partial charge is 0.481 e. The lowest BCUT2D eigenvalue weighted by molar-refractivity contribution is -0.143. The van der Waals surface area contributed by atoms with Crippen molar-refractivity contribution in [1.29, 1.82) is 0 Å². The van der Waals surface area contributed by atoms with E-state index < -0.39 is 37.6 Å². The van der Waals surface area contributed by atoms with Crippen LogP contribution in [0.2, 0.25) is 0 Å². The van der Waals surface area contributed by atoms with Crippen LogP contribution in [0.15, 0.2) is 0 Å². The van der Waals surface area contributed by atoms with Crippen molar-refractivity contribution in [2.45, 2.75) is 6.42 Å². The molecule has 0 fully saturated rings. The van der Waals surface area contributed by atoms with Gasteiger partial charge in [0.05, 0.1) is 31.7 Å². The topological polar surface area (TPSA) is 98.0 Å². The molecule has 0 rings (SSSR count). The third-order valence-corrected chi connectivity index (χ3v) is 1.53. The van der Waals surface area contributed by atoms with Crippen LogP contribution in [0.25, 0.3) is 0 Å². The van der Waals surface area contributed by atoms with Crippen LogP contribution >= 0.6 is 0 Å².